The van der Waals surface area contributed by atoms with Crippen LogP contribution in [0.5, 0.6) is 0 Å². The Hall–Kier alpha value is -2.31. The molecule has 1 aromatic carbocycles. The van der Waals surface area contributed by atoms with Gasteiger partial charge in [0.25, 0.3) is 0 Å². The molecular formula is C14H17FN6O. The highest BCUT2D eigenvalue weighted by Crippen LogP contribution is 2.24. The maximum absolute atomic E-state index is 14.4. The number of hydrogen-bond acceptors (Lipinski definition) is 5. The number of benzene rings is 1. The van der Waals surface area contributed by atoms with Gasteiger partial charge in [-0.05, 0) is 17.7 Å². The number of nitrogens with one attached hydrogen (secondary N) is 1. The summed E-state index contributed by atoms with van der Waals surface area (Å²) in [5.41, 5.74) is 10.3. The number of oxime groups is 1. The van der Waals surface area contributed by atoms with Gasteiger partial charge in [0.15, 0.2) is 0 Å². The van der Waals surface area contributed by atoms with Gasteiger partial charge in [-0.3, -0.25) is 0 Å². The number of anilines is 1. The van der Waals surface area contributed by atoms with Gasteiger partial charge in [0, 0.05) is 43.1 Å². The molecule has 0 aliphatic carbocycles. The standard InChI is InChI=1S/C14H17FN6O/c15-12-7-10(13-8-11(22-19-13)9-18-20-16)1-2-14(12)21-5-3-17-4-6-21/h1-2,7,11,17H,3-6,8-9H2/t11-/m1/s1. The third kappa shape index (κ3) is 3.13. The van der Waals surface area contributed by atoms with Crippen LogP contribution >= 0.6 is 0 Å². The van der Waals surface area contributed by atoms with Gasteiger partial charge in [-0.25, -0.2) is 4.39 Å². The molecule has 1 saturated heterocycles. The van der Waals surface area contributed by atoms with Crippen LogP contribution in [0.25, 0.3) is 10.4 Å². The minimum atomic E-state index is -0.262. The summed E-state index contributed by atoms with van der Waals surface area (Å²) in [6, 6.07) is 5.15. The molecule has 7 nitrogen and oxygen atoms in total. The maximum Gasteiger partial charge on any atom is 0.147 e. The van der Waals surface area contributed by atoms with Gasteiger partial charge in [0.05, 0.1) is 17.9 Å². The highest BCUT2D eigenvalue weighted by molar-refractivity contribution is 6.01. The second-order valence-electron chi connectivity index (χ2n) is 5.29. The third-order valence-corrected chi connectivity index (χ3v) is 3.82. The molecule has 0 saturated carbocycles. The van der Waals surface area contributed by atoms with E-state index in [0.29, 0.717) is 23.4 Å². The molecule has 1 N–H and O–H groups in total. The van der Waals surface area contributed by atoms with Crippen molar-refractivity contribution in [3.05, 3.63) is 40.0 Å². The first-order chi connectivity index (χ1) is 10.8. The van der Waals surface area contributed by atoms with E-state index in [4.69, 9.17) is 10.4 Å². The van der Waals surface area contributed by atoms with Gasteiger partial charge in [-0.15, -0.1) is 0 Å². The SMILES string of the molecule is [N-]=[N+]=NC[C@H]1CC(c2ccc(N3CCNCC3)c(F)c2)=NO1. The fraction of sp³-hybridized carbons (Fsp3) is 0.500. The summed E-state index contributed by atoms with van der Waals surface area (Å²) in [5.74, 6) is -0.249. The molecule has 8 heteroatoms. The molecule has 0 radical (unpaired) electrons. The van der Waals surface area contributed by atoms with Gasteiger partial charge in [-0.1, -0.05) is 16.3 Å². The fourth-order valence-corrected chi connectivity index (χ4v) is 2.67. The number of halogens is 1. The predicted octanol–water partition coefficient (Wildman–Crippen LogP) is 2.04. The zero-order valence-corrected chi connectivity index (χ0v) is 12.1. The molecule has 116 valence electrons. The van der Waals surface area contributed by atoms with E-state index in [1.54, 1.807) is 6.07 Å². The van der Waals surface area contributed by atoms with Crippen molar-refractivity contribution in [2.75, 3.05) is 37.6 Å². The third-order valence-electron chi connectivity index (χ3n) is 3.82. The Morgan fingerprint density at radius 1 is 1.45 bits per heavy atom. The van der Waals surface area contributed by atoms with E-state index < -0.39 is 0 Å². The van der Waals surface area contributed by atoms with E-state index in [2.05, 4.69) is 20.5 Å². The molecule has 1 fully saturated rings. The highest BCUT2D eigenvalue weighted by Gasteiger charge is 2.23. The van der Waals surface area contributed by atoms with Gasteiger partial charge in [0.1, 0.15) is 11.9 Å². The number of piperazine rings is 1. The lowest BCUT2D eigenvalue weighted by Crippen LogP contribution is -2.43. The average molecular weight is 304 g/mol. The van der Waals surface area contributed by atoms with Crippen LogP contribution in [0.4, 0.5) is 10.1 Å². The monoisotopic (exact) mass is 304 g/mol. The Balaban J connectivity index is 1.71. The van der Waals surface area contributed by atoms with Crippen LogP contribution in [0.3, 0.4) is 0 Å². The smallest absolute Gasteiger partial charge is 0.147 e. The van der Waals surface area contributed by atoms with E-state index >= 15 is 0 Å². The first-order valence-electron chi connectivity index (χ1n) is 7.27. The molecule has 1 atom stereocenters. The van der Waals surface area contributed by atoms with Crippen molar-refractivity contribution in [2.24, 2.45) is 10.3 Å². The lowest BCUT2D eigenvalue weighted by Gasteiger charge is -2.29. The van der Waals surface area contributed by atoms with Crippen molar-refractivity contribution >= 4 is 11.4 Å². The van der Waals surface area contributed by atoms with Crippen LogP contribution in [0.2, 0.25) is 0 Å². The Morgan fingerprint density at radius 2 is 2.27 bits per heavy atom. The summed E-state index contributed by atoms with van der Waals surface area (Å²) in [6.45, 7) is 3.56. The van der Waals surface area contributed by atoms with E-state index in [1.807, 2.05) is 11.0 Å². The predicted molar refractivity (Wildman–Crippen MR) is 81.5 cm³/mol. The topological polar surface area (TPSA) is 85.6 Å². The summed E-state index contributed by atoms with van der Waals surface area (Å²) in [6.07, 6.45) is 0.257. The van der Waals surface area contributed by atoms with E-state index in [0.717, 1.165) is 26.2 Å². The second-order valence-corrected chi connectivity index (χ2v) is 5.29. The first-order valence-corrected chi connectivity index (χ1v) is 7.27. The molecule has 0 aromatic heterocycles. The number of azide groups is 1. The Kier molecular flexibility index (Phi) is 4.41. The molecular weight excluding hydrogens is 287 g/mol. The minimum absolute atomic E-state index is 0.227. The van der Waals surface area contributed by atoms with Crippen LogP contribution in [0, 0.1) is 5.82 Å². The molecule has 3 rings (SSSR count). The molecule has 22 heavy (non-hydrogen) atoms. The molecule has 2 heterocycles. The Morgan fingerprint density at radius 3 is 3.00 bits per heavy atom. The average Bonchev–Trinajstić information content (AvgIpc) is 3.02. The molecule has 0 bridgehead atoms. The summed E-state index contributed by atoms with van der Waals surface area (Å²) in [4.78, 5) is 9.92. The first kappa shape index (κ1) is 14.6. The van der Waals surface area contributed by atoms with Crippen molar-refractivity contribution in [3.63, 3.8) is 0 Å². The molecule has 2 aliphatic heterocycles. The summed E-state index contributed by atoms with van der Waals surface area (Å²) in [7, 11) is 0. The van der Waals surface area contributed by atoms with Crippen LogP contribution < -0.4 is 10.2 Å². The lowest BCUT2D eigenvalue weighted by atomic mass is 10.0. The molecule has 2 aliphatic rings. The normalized spacial score (nSPS) is 21.0. The summed E-state index contributed by atoms with van der Waals surface area (Å²) >= 11 is 0. The van der Waals surface area contributed by atoms with Crippen molar-refractivity contribution in [1.29, 1.82) is 0 Å². The van der Waals surface area contributed by atoms with Crippen LogP contribution in [0.15, 0.2) is 28.5 Å². The van der Waals surface area contributed by atoms with Gasteiger partial charge < -0.3 is 15.1 Å². The molecule has 0 amide bonds. The van der Waals surface area contributed by atoms with Gasteiger partial charge in [0.2, 0.25) is 0 Å². The molecule has 0 spiro atoms. The summed E-state index contributed by atoms with van der Waals surface area (Å²) in [5, 5.41) is 10.7. The summed E-state index contributed by atoms with van der Waals surface area (Å²) < 4.78 is 14.4. The fourth-order valence-electron chi connectivity index (χ4n) is 2.67. The van der Waals surface area contributed by atoms with Crippen LogP contribution in [0.1, 0.15) is 12.0 Å². The van der Waals surface area contributed by atoms with Crippen LogP contribution in [-0.4, -0.2) is 44.5 Å². The quantitative estimate of drug-likeness (QED) is 0.524. The second kappa shape index (κ2) is 6.64. The number of nitrogens with zero attached hydrogens (tertiary/aromatic N) is 5. The van der Waals surface area contributed by atoms with Crippen molar-refractivity contribution in [3.8, 4) is 0 Å². The van der Waals surface area contributed by atoms with Gasteiger partial charge >= 0.3 is 0 Å². The molecule has 0 unspecified atom stereocenters. The highest BCUT2D eigenvalue weighted by atomic mass is 19.1. The Labute approximate surface area is 127 Å². The minimum Gasteiger partial charge on any atom is -0.392 e. The van der Waals surface area contributed by atoms with Crippen LogP contribution in [-0.2, 0) is 4.84 Å². The van der Waals surface area contributed by atoms with E-state index in [1.165, 1.54) is 6.07 Å². The largest absolute Gasteiger partial charge is 0.392 e. The zero-order chi connectivity index (χ0) is 15.4. The van der Waals surface area contributed by atoms with E-state index in [9.17, 15) is 4.39 Å². The van der Waals surface area contributed by atoms with Crippen molar-refractivity contribution in [2.45, 2.75) is 12.5 Å². The van der Waals surface area contributed by atoms with Gasteiger partial charge in [-0.2, -0.15) is 0 Å². The lowest BCUT2D eigenvalue weighted by molar-refractivity contribution is 0.0919. The Bertz CT molecular complexity index is 622. The molecule has 1 aromatic rings. The zero-order valence-electron chi connectivity index (χ0n) is 12.1. The number of rotatable bonds is 4. The van der Waals surface area contributed by atoms with E-state index in [-0.39, 0.29) is 18.5 Å². The van der Waals surface area contributed by atoms with Crippen molar-refractivity contribution < 1.29 is 9.23 Å². The van der Waals surface area contributed by atoms with Crippen molar-refractivity contribution in [1.82, 2.24) is 5.32 Å². The maximum atomic E-state index is 14.4. The number of hydrogen-bond donors (Lipinski definition) is 1.